The van der Waals surface area contributed by atoms with Crippen molar-refractivity contribution in [3.8, 4) is 5.75 Å². The van der Waals surface area contributed by atoms with Crippen molar-refractivity contribution in [3.63, 3.8) is 0 Å². The maximum absolute atomic E-state index is 13.2. The van der Waals surface area contributed by atoms with Crippen LogP contribution in [0.5, 0.6) is 5.75 Å². The Morgan fingerprint density at radius 3 is 2.26 bits per heavy atom. The second kappa shape index (κ2) is 10.2. The number of fused-ring (bicyclic) bond motifs is 1. The minimum absolute atomic E-state index is 0.00582. The Hall–Kier alpha value is -3.20. The number of nitrogens with one attached hydrogen (secondary N) is 1. The number of carboxylic acid groups (broad SMARTS) is 1. The molecule has 2 N–H and O–H groups in total. The molecule has 0 bridgehead atoms. The molecule has 0 fully saturated rings. The topological polar surface area (TPSA) is 75.6 Å². The number of halogens is 3. The average Bonchev–Trinajstić information content (AvgIpc) is 2.74. The zero-order chi connectivity index (χ0) is 26.0. The molecule has 0 aliphatic heterocycles. The molecule has 1 amide bonds. The zero-order valence-corrected chi connectivity index (χ0v) is 20.5. The van der Waals surface area contributed by atoms with Crippen LogP contribution in [0.3, 0.4) is 0 Å². The summed E-state index contributed by atoms with van der Waals surface area (Å²) in [4.78, 5) is 25.0. The Bertz CT molecular complexity index is 1230. The van der Waals surface area contributed by atoms with Crippen molar-refractivity contribution in [1.29, 1.82) is 0 Å². The fourth-order valence-corrected chi connectivity index (χ4v) is 4.09. The Balaban J connectivity index is 1.93. The van der Waals surface area contributed by atoms with E-state index in [1.54, 1.807) is 32.9 Å². The summed E-state index contributed by atoms with van der Waals surface area (Å²) in [6, 6.07) is 13.6. The first-order valence-electron chi connectivity index (χ1n) is 10.8. The highest BCUT2D eigenvalue weighted by molar-refractivity contribution is 8.00. The summed E-state index contributed by atoms with van der Waals surface area (Å²) in [5.74, 6) is -1.48. The van der Waals surface area contributed by atoms with E-state index in [0.29, 0.717) is 10.9 Å². The molecule has 9 heteroatoms. The highest BCUT2D eigenvalue weighted by atomic mass is 32.2. The minimum atomic E-state index is -4.37. The summed E-state index contributed by atoms with van der Waals surface area (Å²) in [6.07, 6.45) is 0. The van der Waals surface area contributed by atoms with E-state index in [4.69, 9.17) is 4.74 Å². The number of thioether (sulfide) groups is 1. The Labute approximate surface area is 205 Å². The standard InChI is InChI=1S/C26H26F3NO4S/c1-15-5-11-19-17(13-15)8-12-20(23(31)30-22(24(32)33)25(2,3)4)21(19)34-14-16-6-9-18(10-7-16)35-26(27,28)29/h5-13,22H,14H2,1-4H3,(H,30,31)(H,32,33)/t22-/m1/s1. The molecule has 0 saturated heterocycles. The number of carbonyl (C=O) groups is 2. The van der Waals surface area contributed by atoms with Gasteiger partial charge in [0.25, 0.3) is 5.91 Å². The molecule has 0 spiro atoms. The van der Waals surface area contributed by atoms with Gasteiger partial charge in [0.15, 0.2) is 0 Å². The normalized spacial score (nSPS) is 12.9. The molecule has 3 rings (SSSR count). The van der Waals surface area contributed by atoms with Crippen LogP contribution < -0.4 is 10.1 Å². The number of hydrogen-bond donors (Lipinski definition) is 2. The number of ether oxygens (including phenoxy) is 1. The lowest BCUT2D eigenvalue weighted by molar-refractivity contribution is -0.142. The lowest BCUT2D eigenvalue weighted by Gasteiger charge is -2.28. The van der Waals surface area contributed by atoms with E-state index >= 15 is 0 Å². The molecule has 186 valence electrons. The van der Waals surface area contributed by atoms with Crippen LogP contribution in [0.15, 0.2) is 59.5 Å². The number of carboxylic acids is 1. The van der Waals surface area contributed by atoms with Gasteiger partial charge < -0.3 is 15.2 Å². The van der Waals surface area contributed by atoms with Crippen LogP contribution in [0.25, 0.3) is 10.8 Å². The van der Waals surface area contributed by atoms with Crippen molar-refractivity contribution in [2.45, 2.75) is 50.7 Å². The van der Waals surface area contributed by atoms with Crippen molar-refractivity contribution >= 4 is 34.4 Å². The lowest BCUT2D eigenvalue weighted by atomic mass is 9.86. The van der Waals surface area contributed by atoms with Gasteiger partial charge in [0.2, 0.25) is 0 Å². The molecular formula is C26H26F3NO4S. The minimum Gasteiger partial charge on any atom is -0.487 e. The lowest BCUT2D eigenvalue weighted by Crippen LogP contribution is -2.49. The van der Waals surface area contributed by atoms with Crippen LogP contribution >= 0.6 is 11.8 Å². The third-order valence-corrected chi connectivity index (χ3v) is 6.04. The van der Waals surface area contributed by atoms with Crippen LogP contribution in [0.2, 0.25) is 0 Å². The van der Waals surface area contributed by atoms with Crippen LogP contribution in [0.1, 0.15) is 42.3 Å². The smallest absolute Gasteiger partial charge is 0.446 e. The Kier molecular flexibility index (Phi) is 7.69. The van der Waals surface area contributed by atoms with E-state index < -0.39 is 28.8 Å². The number of aliphatic carboxylic acids is 1. The summed E-state index contributed by atoms with van der Waals surface area (Å²) in [5, 5.41) is 13.7. The number of benzene rings is 3. The second-order valence-corrected chi connectivity index (χ2v) is 10.4. The van der Waals surface area contributed by atoms with Gasteiger partial charge in [-0.25, -0.2) is 4.79 Å². The first-order chi connectivity index (χ1) is 16.2. The number of hydrogen-bond acceptors (Lipinski definition) is 4. The van der Waals surface area contributed by atoms with Crippen LogP contribution in [0, 0.1) is 12.3 Å². The number of aryl methyl sites for hydroxylation is 1. The fourth-order valence-electron chi connectivity index (χ4n) is 3.56. The molecule has 35 heavy (non-hydrogen) atoms. The molecule has 3 aromatic carbocycles. The van der Waals surface area contributed by atoms with Gasteiger partial charge in [0.05, 0.1) is 5.56 Å². The summed E-state index contributed by atoms with van der Waals surface area (Å²) in [7, 11) is 0. The van der Waals surface area contributed by atoms with E-state index in [1.807, 2.05) is 25.1 Å². The van der Waals surface area contributed by atoms with Gasteiger partial charge in [-0.3, -0.25) is 4.79 Å². The van der Waals surface area contributed by atoms with Crippen molar-refractivity contribution in [3.05, 3.63) is 71.3 Å². The maximum atomic E-state index is 13.2. The molecule has 1 atom stereocenters. The first-order valence-corrected chi connectivity index (χ1v) is 11.6. The molecule has 0 unspecified atom stereocenters. The molecule has 3 aromatic rings. The van der Waals surface area contributed by atoms with E-state index in [2.05, 4.69) is 5.32 Å². The summed E-state index contributed by atoms with van der Waals surface area (Å²) in [6.45, 7) is 7.09. The Morgan fingerprint density at radius 2 is 1.69 bits per heavy atom. The highest BCUT2D eigenvalue weighted by Crippen LogP contribution is 2.37. The predicted octanol–water partition coefficient (Wildman–Crippen LogP) is 6.57. The predicted molar refractivity (Wildman–Crippen MR) is 130 cm³/mol. The molecule has 0 heterocycles. The zero-order valence-electron chi connectivity index (χ0n) is 19.7. The van der Waals surface area contributed by atoms with Gasteiger partial charge in [-0.2, -0.15) is 13.2 Å². The second-order valence-electron chi connectivity index (χ2n) is 9.26. The van der Waals surface area contributed by atoms with Crippen molar-refractivity contribution in [2.24, 2.45) is 5.41 Å². The van der Waals surface area contributed by atoms with Crippen LogP contribution in [-0.2, 0) is 11.4 Å². The monoisotopic (exact) mass is 505 g/mol. The van der Waals surface area contributed by atoms with E-state index in [-0.39, 0.29) is 34.6 Å². The molecular weight excluding hydrogens is 479 g/mol. The Morgan fingerprint density at radius 1 is 1.03 bits per heavy atom. The molecule has 0 aliphatic rings. The molecule has 0 saturated carbocycles. The molecule has 0 aliphatic carbocycles. The van der Waals surface area contributed by atoms with Gasteiger partial charge in [-0.05, 0) is 53.2 Å². The number of amides is 1. The van der Waals surface area contributed by atoms with E-state index in [0.717, 1.165) is 10.9 Å². The number of alkyl halides is 3. The van der Waals surface area contributed by atoms with Crippen LogP contribution in [-0.4, -0.2) is 28.5 Å². The van der Waals surface area contributed by atoms with Crippen LogP contribution in [0.4, 0.5) is 13.2 Å². The van der Waals surface area contributed by atoms with Crippen molar-refractivity contribution in [2.75, 3.05) is 0 Å². The largest absolute Gasteiger partial charge is 0.487 e. The van der Waals surface area contributed by atoms with Gasteiger partial charge in [-0.1, -0.05) is 62.7 Å². The van der Waals surface area contributed by atoms with Gasteiger partial charge in [0.1, 0.15) is 18.4 Å². The highest BCUT2D eigenvalue weighted by Gasteiger charge is 2.33. The summed E-state index contributed by atoms with van der Waals surface area (Å²) in [5.41, 5.74) is -3.31. The average molecular weight is 506 g/mol. The van der Waals surface area contributed by atoms with Crippen molar-refractivity contribution in [1.82, 2.24) is 5.32 Å². The third kappa shape index (κ3) is 6.91. The van der Waals surface area contributed by atoms with Gasteiger partial charge >= 0.3 is 11.5 Å². The summed E-state index contributed by atoms with van der Waals surface area (Å²) < 4.78 is 43.8. The number of rotatable bonds is 7. The SMILES string of the molecule is Cc1ccc2c(OCc3ccc(SC(F)(F)F)cc3)c(C(=O)N[C@H](C(=O)O)C(C)(C)C)ccc2c1. The first kappa shape index (κ1) is 26.4. The maximum Gasteiger partial charge on any atom is 0.446 e. The third-order valence-electron chi connectivity index (χ3n) is 5.30. The molecule has 0 aromatic heterocycles. The van der Waals surface area contributed by atoms with Gasteiger partial charge in [-0.15, -0.1) is 0 Å². The summed E-state index contributed by atoms with van der Waals surface area (Å²) >= 11 is -0.198. The van der Waals surface area contributed by atoms with Gasteiger partial charge in [0, 0.05) is 10.3 Å². The quantitative estimate of drug-likeness (QED) is 0.355. The fraction of sp³-hybridized carbons (Fsp3) is 0.308. The number of carbonyl (C=O) groups excluding carboxylic acids is 1. The van der Waals surface area contributed by atoms with E-state index in [1.165, 1.54) is 24.3 Å². The molecule has 5 nitrogen and oxygen atoms in total. The molecule has 0 radical (unpaired) electrons. The van der Waals surface area contributed by atoms with Crippen molar-refractivity contribution < 1.29 is 32.6 Å². The van der Waals surface area contributed by atoms with E-state index in [9.17, 15) is 27.9 Å².